The summed E-state index contributed by atoms with van der Waals surface area (Å²) in [4.78, 5) is 10.6. The fourth-order valence-electron chi connectivity index (χ4n) is 7.93. The molecule has 0 fully saturated rings. The van der Waals surface area contributed by atoms with Crippen molar-refractivity contribution < 1.29 is 15.0 Å². The molecule has 0 radical (unpaired) electrons. The van der Waals surface area contributed by atoms with Crippen molar-refractivity contribution in [2.75, 3.05) is 0 Å². The first kappa shape index (κ1) is 66.2. The second-order valence-electron chi connectivity index (χ2n) is 20.0. The Morgan fingerprint density at radius 3 is 1.03 bits per heavy atom. The molecule has 0 aliphatic carbocycles. The van der Waals surface area contributed by atoms with Crippen LogP contribution in [0.3, 0.4) is 0 Å². The van der Waals surface area contributed by atoms with E-state index in [1.54, 1.807) is 0 Å². The summed E-state index contributed by atoms with van der Waals surface area (Å²) in [5.41, 5.74) is 7.00. The van der Waals surface area contributed by atoms with Crippen molar-refractivity contribution in [2.24, 2.45) is 0 Å². The molecule has 0 saturated heterocycles. The Morgan fingerprint density at radius 2 is 0.672 bits per heavy atom. The minimum Gasteiger partial charge on any atom is -0.481 e. The quantitative estimate of drug-likeness (QED) is 0.0473. The maximum absolute atomic E-state index is 10.6. The third-order valence-electron chi connectivity index (χ3n) is 12.5. The third kappa shape index (κ3) is 59.2. The molecule has 0 aliphatic heterocycles. The van der Waals surface area contributed by atoms with Gasteiger partial charge >= 0.3 is 5.97 Å². The molecular formula is C64H112O3. The average Bonchev–Trinajstić information content (AvgIpc) is 3.29. The third-order valence-corrected chi connectivity index (χ3v) is 12.5. The molecule has 3 heteroatoms. The van der Waals surface area contributed by atoms with Gasteiger partial charge in [0.1, 0.15) is 0 Å². The number of unbranched alkanes of at least 4 members (excludes halogenated alkanes) is 19. The summed E-state index contributed by atoms with van der Waals surface area (Å²) in [6.07, 6.45) is 73.0. The van der Waals surface area contributed by atoms with Crippen molar-refractivity contribution in [1.82, 2.24) is 0 Å². The number of aliphatic carboxylic acids is 1. The lowest BCUT2D eigenvalue weighted by molar-refractivity contribution is -0.136. The Labute approximate surface area is 418 Å². The fourth-order valence-corrected chi connectivity index (χ4v) is 7.93. The minimum atomic E-state index is -0.720. The summed E-state index contributed by atoms with van der Waals surface area (Å²) in [5.74, 6) is -0.720. The van der Waals surface area contributed by atoms with Crippen LogP contribution >= 0.6 is 0 Å². The number of aliphatic hydroxyl groups is 1. The topological polar surface area (TPSA) is 57.5 Å². The minimum absolute atomic E-state index is 0.0633. The van der Waals surface area contributed by atoms with Gasteiger partial charge in [0.25, 0.3) is 0 Å². The number of carboxylic acids is 1. The number of hydrogen-bond donors (Lipinski definition) is 2. The smallest absolute Gasteiger partial charge is 0.303 e. The molecule has 0 heterocycles. The lowest BCUT2D eigenvalue weighted by atomic mass is 10.0. The zero-order chi connectivity index (χ0) is 49.7. The average molecular weight is 930 g/mol. The Balaban J connectivity index is 0. The Kier molecular flexibility index (Phi) is 53.4. The molecule has 0 bridgehead atoms. The highest BCUT2D eigenvalue weighted by Gasteiger charge is 2.04. The summed E-state index contributed by atoms with van der Waals surface area (Å²) in [5, 5.41) is 19.0. The van der Waals surface area contributed by atoms with E-state index in [-0.39, 0.29) is 12.5 Å². The van der Waals surface area contributed by atoms with Crippen LogP contribution in [0.25, 0.3) is 0 Å². The summed E-state index contributed by atoms with van der Waals surface area (Å²) >= 11 is 0. The van der Waals surface area contributed by atoms with Crippen molar-refractivity contribution in [3.63, 3.8) is 0 Å². The lowest BCUT2D eigenvalue weighted by Gasteiger charge is -2.10. The van der Waals surface area contributed by atoms with E-state index in [4.69, 9.17) is 5.11 Å². The first-order valence-corrected chi connectivity index (χ1v) is 28.3. The zero-order valence-electron chi connectivity index (χ0n) is 45.8. The van der Waals surface area contributed by atoms with E-state index in [2.05, 4.69) is 127 Å². The zero-order valence-corrected chi connectivity index (χ0v) is 45.8. The highest BCUT2D eigenvalue weighted by atomic mass is 16.4. The molecule has 2 N–H and O–H groups in total. The molecular weight excluding hydrogens is 817 g/mol. The van der Waals surface area contributed by atoms with Crippen LogP contribution in [0.4, 0.5) is 0 Å². The van der Waals surface area contributed by atoms with Gasteiger partial charge in [0.15, 0.2) is 0 Å². The highest BCUT2D eigenvalue weighted by Crippen LogP contribution is 2.17. The van der Waals surface area contributed by atoms with Gasteiger partial charge in [0.05, 0.1) is 6.10 Å². The van der Waals surface area contributed by atoms with Gasteiger partial charge in [0.2, 0.25) is 0 Å². The molecule has 0 rings (SSSR count). The van der Waals surface area contributed by atoms with E-state index in [1.807, 2.05) is 6.92 Å². The van der Waals surface area contributed by atoms with Crippen LogP contribution in [0.1, 0.15) is 287 Å². The van der Waals surface area contributed by atoms with E-state index in [0.717, 1.165) is 70.6 Å². The van der Waals surface area contributed by atoms with E-state index in [0.29, 0.717) is 6.42 Å². The van der Waals surface area contributed by atoms with E-state index in [9.17, 15) is 9.90 Å². The van der Waals surface area contributed by atoms with E-state index >= 15 is 0 Å². The van der Waals surface area contributed by atoms with Crippen LogP contribution in [0.2, 0.25) is 0 Å². The molecule has 0 aromatic rings. The Morgan fingerprint density at radius 1 is 0.358 bits per heavy atom. The van der Waals surface area contributed by atoms with Gasteiger partial charge in [-0.2, -0.15) is 0 Å². The van der Waals surface area contributed by atoms with Gasteiger partial charge in [-0.1, -0.05) is 211 Å². The molecule has 0 aliphatic rings. The predicted molar refractivity (Wildman–Crippen MR) is 302 cm³/mol. The standard InChI is InChI=1S/C37H68O.C27H44O2/c1-3-5-7-9-11-13-15-17-19-21-23-25-27-29-31-33-35-37(38)36-34-32-30-28-26-24-22-20-18-16-14-12-10-8-6-4-2;1-22(2)12-9-15-25(5)18-10-16-23(3)13-7-8-14-24(4)17-11-19-26(6)20-21-27(28)29/h11-14,17-20,37-38H,3-10,15-16,21-36H2,1-2H3;12-14,18-19H,7-11,15-17,20-21H2,1-6H3,(H,28,29)/b13-11-,14-12-,19-17-,20-18-;23-13+,24-14+,25-18+,26-19+. The van der Waals surface area contributed by atoms with Crippen LogP contribution in [-0.2, 0) is 4.79 Å². The molecule has 0 saturated carbocycles. The van der Waals surface area contributed by atoms with Crippen molar-refractivity contribution in [3.8, 4) is 0 Å². The maximum atomic E-state index is 10.6. The van der Waals surface area contributed by atoms with Gasteiger partial charge in [-0.15, -0.1) is 0 Å². The molecule has 386 valence electrons. The van der Waals surface area contributed by atoms with E-state index in [1.165, 1.54) is 176 Å². The van der Waals surface area contributed by atoms with Gasteiger partial charge in [0, 0.05) is 6.42 Å². The lowest BCUT2D eigenvalue weighted by Crippen LogP contribution is -2.05. The van der Waals surface area contributed by atoms with Crippen molar-refractivity contribution in [2.45, 2.75) is 293 Å². The number of aliphatic hydroxyl groups excluding tert-OH is 1. The van der Waals surface area contributed by atoms with Gasteiger partial charge in [-0.3, -0.25) is 4.79 Å². The van der Waals surface area contributed by atoms with Crippen molar-refractivity contribution >= 4 is 5.97 Å². The van der Waals surface area contributed by atoms with E-state index < -0.39 is 5.97 Å². The van der Waals surface area contributed by atoms with Crippen LogP contribution in [0.15, 0.2) is 107 Å². The first-order valence-electron chi connectivity index (χ1n) is 28.3. The van der Waals surface area contributed by atoms with Crippen molar-refractivity contribution in [3.05, 3.63) is 107 Å². The number of allylic oxidation sites excluding steroid dienone is 18. The molecule has 0 unspecified atom stereocenters. The number of carboxylic acid groups (broad SMARTS) is 1. The summed E-state index contributed by atoms with van der Waals surface area (Å²) in [7, 11) is 0. The number of rotatable bonds is 45. The summed E-state index contributed by atoms with van der Waals surface area (Å²) < 4.78 is 0. The second kappa shape index (κ2) is 54.0. The molecule has 0 amide bonds. The molecule has 0 aromatic heterocycles. The van der Waals surface area contributed by atoms with Gasteiger partial charge in [-0.05, 0) is 176 Å². The molecule has 67 heavy (non-hydrogen) atoms. The second-order valence-corrected chi connectivity index (χ2v) is 20.0. The molecule has 0 spiro atoms. The number of hydrogen-bond acceptors (Lipinski definition) is 2. The summed E-state index contributed by atoms with van der Waals surface area (Å²) in [6, 6.07) is 0. The van der Waals surface area contributed by atoms with Crippen LogP contribution < -0.4 is 0 Å². The fraction of sp³-hybridized carbons (Fsp3) is 0.703. The van der Waals surface area contributed by atoms with Crippen LogP contribution in [-0.4, -0.2) is 22.3 Å². The number of carbonyl (C=O) groups is 1. The Hall–Kier alpha value is -2.91. The summed E-state index contributed by atoms with van der Waals surface area (Å²) in [6.45, 7) is 17.5. The normalized spacial score (nSPS) is 13.0. The van der Waals surface area contributed by atoms with Gasteiger partial charge in [-0.25, -0.2) is 0 Å². The Bertz CT molecular complexity index is 1330. The largest absolute Gasteiger partial charge is 0.481 e. The van der Waals surface area contributed by atoms with Crippen LogP contribution in [0.5, 0.6) is 0 Å². The van der Waals surface area contributed by atoms with Crippen molar-refractivity contribution in [1.29, 1.82) is 0 Å². The molecule has 0 aromatic carbocycles. The SMILES string of the molecule is CC(C)=CCC/C(C)=C/CC/C(C)=C/CC/C=C(\C)CC/C=C(\C)CCC(=O)O.CCCCC/C=C\C/C=C\CCCCCCCCC(O)CCCCCCCC/C=C\C/C=C\CCCCC. The molecule has 0 atom stereocenters. The maximum Gasteiger partial charge on any atom is 0.303 e. The first-order chi connectivity index (χ1) is 32.5. The monoisotopic (exact) mass is 929 g/mol. The van der Waals surface area contributed by atoms with Crippen LogP contribution in [0, 0.1) is 0 Å². The molecule has 3 nitrogen and oxygen atoms in total. The predicted octanol–water partition coefficient (Wildman–Crippen LogP) is 21.5. The highest BCUT2D eigenvalue weighted by molar-refractivity contribution is 5.67. The van der Waals surface area contributed by atoms with Gasteiger partial charge < -0.3 is 10.2 Å².